The van der Waals surface area contributed by atoms with Gasteiger partial charge in [-0.05, 0) is 48.2 Å². The summed E-state index contributed by atoms with van der Waals surface area (Å²) in [4.78, 5) is 26.9. The van der Waals surface area contributed by atoms with Gasteiger partial charge in [-0.2, -0.15) is 5.10 Å². The smallest absolute Gasteiger partial charge is 0.276 e. The van der Waals surface area contributed by atoms with E-state index >= 15 is 0 Å². The topological polar surface area (TPSA) is 75.4 Å². The maximum atomic E-state index is 13.7. The van der Waals surface area contributed by atoms with Crippen molar-refractivity contribution in [2.45, 2.75) is 30.8 Å². The van der Waals surface area contributed by atoms with Crippen molar-refractivity contribution in [2.24, 2.45) is 0 Å². The third-order valence-corrected chi connectivity index (χ3v) is 6.44. The molecule has 31 heavy (non-hydrogen) atoms. The number of carbonyl (C=O) groups is 1. The fourth-order valence-electron chi connectivity index (χ4n) is 4.90. The third-order valence-electron chi connectivity index (χ3n) is 6.20. The van der Waals surface area contributed by atoms with E-state index in [0.29, 0.717) is 11.6 Å². The first-order valence-corrected chi connectivity index (χ1v) is 10.5. The molecular weight excluding hydrogens is 421 g/mol. The van der Waals surface area contributed by atoms with Crippen molar-refractivity contribution in [3.8, 4) is 5.75 Å². The van der Waals surface area contributed by atoms with E-state index in [0.717, 1.165) is 30.2 Å². The molecule has 1 aromatic heterocycles. The first kappa shape index (κ1) is 19.8. The monoisotopic (exact) mass is 439 g/mol. The zero-order chi connectivity index (χ0) is 21.7. The normalized spacial score (nSPS) is 21.0. The fourth-order valence-corrected chi connectivity index (χ4v) is 5.10. The number of amides is 1. The van der Waals surface area contributed by atoms with Crippen molar-refractivity contribution < 1.29 is 14.3 Å². The van der Waals surface area contributed by atoms with Crippen molar-refractivity contribution in [1.29, 1.82) is 0 Å². The molecule has 1 unspecified atom stereocenters. The average molecular weight is 440 g/mol. The van der Waals surface area contributed by atoms with Gasteiger partial charge in [0.15, 0.2) is 11.4 Å². The molecule has 0 radical (unpaired) electrons. The first-order chi connectivity index (χ1) is 15.0. The number of carbonyl (C=O) groups excluding carboxylic acids is 1. The second kappa shape index (κ2) is 7.50. The summed E-state index contributed by atoms with van der Waals surface area (Å²) in [6.07, 6.45) is 2.59. The standard InChI is InChI=1S/C23H19ClFN3O3/c24-15-4-1-3-14(11-15)19(13-6-8-16(25)9-7-13)20-17-5-2-10-27(17)23(31)21-22(30)18(29)12-26-28(20)21/h1,3-4,6-9,11-12,17,19-20,30H,2,5,10H2/t17-,19?,20-/m1/s1. The molecule has 2 aliphatic rings. The molecule has 1 saturated heterocycles. The molecule has 1 N–H and O–H groups in total. The highest BCUT2D eigenvalue weighted by atomic mass is 35.5. The maximum absolute atomic E-state index is 13.7. The summed E-state index contributed by atoms with van der Waals surface area (Å²) in [5, 5.41) is 15.3. The van der Waals surface area contributed by atoms with Crippen LogP contribution in [0.2, 0.25) is 5.02 Å². The largest absolute Gasteiger partial charge is 0.502 e. The van der Waals surface area contributed by atoms with Gasteiger partial charge in [0.2, 0.25) is 5.43 Å². The molecular formula is C23H19ClFN3O3. The van der Waals surface area contributed by atoms with Crippen LogP contribution in [0.1, 0.15) is 46.4 Å². The van der Waals surface area contributed by atoms with Crippen LogP contribution in [0.15, 0.2) is 59.5 Å². The van der Waals surface area contributed by atoms with Crippen molar-refractivity contribution in [1.82, 2.24) is 14.7 Å². The Balaban J connectivity index is 1.78. The molecule has 8 heteroatoms. The molecule has 0 spiro atoms. The summed E-state index contributed by atoms with van der Waals surface area (Å²) in [7, 11) is 0. The van der Waals surface area contributed by atoms with Crippen LogP contribution in [0.25, 0.3) is 0 Å². The van der Waals surface area contributed by atoms with Gasteiger partial charge in [-0.15, -0.1) is 0 Å². The van der Waals surface area contributed by atoms with Gasteiger partial charge in [0.05, 0.1) is 18.3 Å². The highest BCUT2D eigenvalue weighted by Crippen LogP contribution is 2.46. The lowest BCUT2D eigenvalue weighted by Gasteiger charge is -2.42. The Morgan fingerprint density at radius 3 is 2.65 bits per heavy atom. The molecule has 0 saturated carbocycles. The predicted octanol–water partition coefficient (Wildman–Crippen LogP) is 3.73. The summed E-state index contributed by atoms with van der Waals surface area (Å²) >= 11 is 6.29. The molecule has 6 nitrogen and oxygen atoms in total. The van der Waals surface area contributed by atoms with E-state index in [1.165, 1.54) is 16.8 Å². The molecule has 3 atom stereocenters. The molecule has 1 fully saturated rings. The van der Waals surface area contributed by atoms with E-state index in [2.05, 4.69) is 5.10 Å². The number of hydrogen-bond donors (Lipinski definition) is 1. The Morgan fingerprint density at radius 1 is 1.13 bits per heavy atom. The van der Waals surface area contributed by atoms with Crippen LogP contribution < -0.4 is 5.43 Å². The van der Waals surface area contributed by atoms with Crippen LogP contribution in [-0.4, -0.2) is 38.3 Å². The fraction of sp³-hybridized carbons (Fsp3) is 0.261. The minimum atomic E-state index is -0.697. The van der Waals surface area contributed by atoms with Crippen LogP contribution in [0.4, 0.5) is 4.39 Å². The van der Waals surface area contributed by atoms with E-state index in [1.807, 2.05) is 18.2 Å². The molecule has 2 aliphatic heterocycles. The molecule has 2 aromatic carbocycles. The number of hydrogen-bond acceptors (Lipinski definition) is 4. The van der Waals surface area contributed by atoms with E-state index in [-0.39, 0.29) is 23.5 Å². The molecule has 0 aliphatic carbocycles. The van der Waals surface area contributed by atoms with E-state index < -0.39 is 23.1 Å². The number of rotatable bonds is 3. The van der Waals surface area contributed by atoms with Crippen LogP contribution >= 0.6 is 11.6 Å². The zero-order valence-corrected chi connectivity index (χ0v) is 17.2. The van der Waals surface area contributed by atoms with Gasteiger partial charge in [-0.25, -0.2) is 4.39 Å². The third kappa shape index (κ3) is 3.20. The number of aromatic nitrogens is 2. The number of aromatic hydroxyl groups is 1. The van der Waals surface area contributed by atoms with Gasteiger partial charge in [-0.3, -0.25) is 14.3 Å². The second-order valence-electron chi connectivity index (χ2n) is 7.93. The lowest BCUT2D eigenvalue weighted by molar-refractivity contribution is 0.0565. The van der Waals surface area contributed by atoms with Gasteiger partial charge in [0.1, 0.15) is 5.82 Å². The Kier molecular flexibility index (Phi) is 4.78. The Morgan fingerprint density at radius 2 is 1.90 bits per heavy atom. The Hall–Kier alpha value is -3.19. The van der Waals surface area contributed by atoms with Crippen LogP contribution in [0.3, 0.4) is 0 Å². The van der Waals surface area contributed by atoms with Gasteiger partial charge >= 0.3 is 0 Å². The molecule has 1 amide bonds. The summed E-state index contributed by atoms with van der Waals surface area (Å²) in [5.74, 6) is -1.69. The van der Waals surface area contributed by atoms with Crippen LogP contribution in [0, 0.1) is 5.82 Å². The Bertz CT molecular complexity index is 1230. The lowest BCUT2D eigenvalue weighted by Crippen LogP contribution is -2.50. The van der Waals surface area contributed by atoms with Crippen molar-refractivity contribution in [3.05, 3.63) is 92.6 Å². The molecule has 5 rings (SSSR count). The molecule has 0 bridgehead atoms. The number of halogens is 2. The minimum Gasteiger partial charge on any atom is -0.502 e. The molecule has 3 heterocycles. The lowest BCUT2D eigenvalue weighted by atomic mass is 9.80. The summed E-state index contributed by atoms with van der Waals surface area (Å²) in [6.45, 7) is 0.536. The van der Waals surface area contributed by atoms with Gasteiger partial charge in [0.25, 0.3) is 5.91 Å². The second-order valence-corrected chi connectivity index (χ2v) is 8.37. The van der Waals surface area contributed by atoms with Crippen LogP contribution in [-0.2, 0) is 0 Å². The van der Waals surface area contributed by atoms with Crippen molar-refractivity contribution in [2.75, 3.05) is 6.54 Å². The zero-order valence-electron chi connectivity index (χ0n) is 16.4. The van der Waals surface area contributed by atoms with Crippen molar-refractivity contribution >= 4 is 17.5 Å². The van der Waals surface area contributed by atoms with E-state index in [9.17, 15) is 19.1 Å². The predicted molar refractivity (Wildman–Crippen MR) is 113 cm³/mol. The number of fused-ring (bicyclic) bond motifs is 2. The first-order valence-electron chi connectivity index (χ1n) is 10.1. The van der Waals surface area contributed by atoms with Gasteiger partial charge < -0.3 is 10.0 Å². The maximum Gasteiger partial charge on any atom is 0.276 e. The summed E-state index contributed by atoms with van der Waals surface area (Å²) in [5.41, 5.74) is 0.888. The minimum absolute atomic E-state index is 0.107. The van der Waals surface area contributed by atoms with Gasteiger partial charge in [0, 0.05) is 17.5 Å². The average Bonchev–Trinajstić information content (AvgIpc) is 3.24. The quantitative estimate of drug-likeness (QED) is 0.674. The Labute approximate surface area is 182 Å². The van der Waals surface area contributed by atoms with Crippen LogP contribution in [0.5, 0.6) is 5.75 Å². The van der Waals surface area contributed by atoms with E-state index in [1.54, 1.807) is 23.1 Å². The highest BCUT2D eigenvalue weighted by Gasteiger charge is 2.48. The summed E-state index contributed by atoms with van der Waals surface area (Å²) in [6, 6.07) is 13.0. The van der Waals surface area contributed by atoms with Gasteiger partial charge in [-0.1, -0.05) is 35.9 Å². The SMILES string of the molecule is O=C1c2c(O)c(=O)cnn2[C@@H](C(c2ccc(F)cc2)c2cccc(Cl)c2)[C@H]2CCCN12. The number of nitrogens with zero attached hydrogens (tertiary/aromatic N) is 3. The molecule has 158 valence electrons. The van der Waals surface area contributed by atoms with E-state index in [4.69, 9.17) is 11.6 Å². The molecule has 3 aromatic rings. The van der Waals surface area contributed by atoms with Crippen molar-refractivity contribution in [3.63, 3.8) is 0 Å². The highest BCUT2D eigenvalue weighted by molar-refractivity contribution is 6.30. The summed E-state index contributed by atoms with van der Waals surface area (Å²) < 4.78 is 15.2. The number of benzene rings is 2.